The van der Waals surface area contributed by atoms with Crippen molar-refractivity contribution in [3.8, 4) is 0 Å². The van der Waals surface area contributed by atoms with E-state index in [1.54, 1.807) is 6.92 Å². The first kappa shape index (κ1) is 19.8. The molecule has 1 aliphatic carbocycles. The molecule has 0 unspecified atom stereocenters. The van der Waals surface area contributed by atoms with Gasteiger partial charge in [-0.05, 0) is 56.9 Å². The van der Waals surface area contributed by atoms with Gasteiger partial charge in [-0.15, -0.1) is 0 Å². The van der Waals surface area contributed by atoms with E-state index in [0.717, 1.165) is 25.0 Å². The average Bonchev–Trinajstić information content (AvgIpc) is 3.46. The summed E-state index contributed by atoms with van der Waals surface area (Å²) < 4.78 is 39.8. The normalized spacial score (nSPS) is 22.1. The van der Waals surface area contributed by atoms with E-state index in [1.807, 2.05) is 0 Å². The molecule has 2 fully saturated rings. The van der Waals surface area contributed by atoms with Crippen molar-refractivity contribution < 1.29 is 22.4 Å². The van der Waals surface area contributed by atoms with Crippen molar-refractivity contribution in [2.24, 2.45) is 5.92 Å². The zero-order chi connectivity index (χ0) is 19.6. The summed E-state index contributed by atoms with van der Waals surface area (Å²) in [6, 6.07) is 4.18. The Kier molecular flexibility index (Phi) is 5.81. The first-order valence-electron chi connectivity index (χ1n) is 9.14. The van der Waals surface area contributed by atoms with Gasteiger partial charge in [-0.25, -0.2) is 12.8 Å². The molecule has 2 N–H and O–H groups in total. The lowest BCUT2D eigenvalue weighted by Gasteiger charge is -2.31. The summed E-state index contributed by atoms with van der Waals surface area (Å²) in [5.74, 6) is -1.58. The second-order valence-electron chi connectivity index (χ2n) is 7.17. The molecule has 1 heterocycles. The number of rotatable bonds is 6. The zero-order valence-corrected chi connectivity index (χ0v) is 16.0. The number of halogens is 1. The van der Waals surface area contributed by atoms with Gasteiger partial charge in [-0.2, -0.15) is 4.31 Å². The molecular weight excluding hydrogens is 373 g/mol. The van der Waals surface area contributed by atoms with Gasteiger partial charge in [0.1, 0.15) is 11.9 Å². The van der Waals surface area contributed by atoms with Gasteiger partial charge in [0.2, 0.25) is 21.8 Å². The Hall–Kier alpha value is -2.00. The third-order valence-electron chi connectivity index (χ3n) is 4.88. The van der Waals surface area contributed by atoms with Crippen LogP contribution in [-0.2, 0) is 19.6 Å². The maximum Gasteiger partial charge on any atom is 0.243 e. The number of carbonyl (C=O) groups is 2. The van der Waals surface area contributed by atoms with Gasteiger partial charge in [0, 0.05) is 19.1 Å². The number of hydrogen-bond acceptors (Lipinski definition) is 4. The fraction of sp³-hybridized carbons (Fsp3) is 0.556. The van der Waals surface area contributed by atoms with Gasteiger partial charge in [-0.3, -0.25) is 9.59 Å². The molecule has 1 aromatic rings. The quantitative estimate of drug-likeness (QED) is 0.749. The summed E-state index contributed by atoms with van der Waals surface area (Å²) in [6.45, 7) is 1.97. The highest BCUT2D eigenvalue weighted by Gasteiger charge is 2.34. The fourth-order valence-corrected chi connectivity index (χ4v) is 4.60. The molecule has 1 aromatic carbocycles. The minimum absolute atomic E-state index is 0.00198. The Bertz CT molecular complexity index is 808. The van der Waals surface area contributed by atoms with Gasteiger partial charge < -0.3 is 10.6 Å². The third-order valence-corrected chi connectivity index (χ3v) is 6.76. The molecule has 0 aromatic heterocycles. The second-order valence-corrected chi connectivity index (χ2v) is 9.11. The molecular formula is C18H24FN3O4S. The second kappa shape index (κ2) is 7.93. The highest BCUT2D eigenvalue weighted by Crippen LogP contribution is 2.24. The summed E-state index contributed by atoms with van der Waals surface area (Å²) in [5.41, 5.74) is 0. The van der Waals surface area contributed by atoms with Crippen LogP contribution in [-0.4, -0.2) is 49.7 Å². The molecule has 1 saturated heterocycles. The molecule has 9 heteroatoms. The number of carbonyl (C=O) groups excluding carboxylic acids is 2. The number of amides is 2. The van der Waals surface area contributed by atoms with Crippen LogP contribution in [0.1, 0.15) is 32.6 Å². The average molecular weight is 397 g/mol. The molecule has 3 rings (SSSR count). The Morgan fingerprint density at radius 2 is 1.85 bits per heavy atom. The highest BCUT2D eigenvalue weighted by molar-refractivity contribution is 7.89. The summed E-state index contributed by atoms with van der Waals surface area (Å²) in [4.78, 5) is 24.5. The number of piperidine rings is 1. The van der Waals surface area contributed by atoms with Crippen LogP contribution in [0.2, 0.25) is 0 Å². The molecule has 2 amide bonds. The summed E-state index contributed by atoms with van der Waals surface area (Å²) in [6.07, 6.45) is 3.02. The largest absolute Gasteiger partial charge is 0.352 e. The predicted octanol–water partition coefficient (Wildman–Crippen LogP) is 1.01. The van der Waals surface area contributed by atoms with Crippen LogP contribution in [0.3, 0.4) is 0 Å². The molecule has 7 nitrogen and oxygen atoms in total. The van der Waals surface area contributed by atoms with Crippen molar-refractivity contribution in [3.63, 3.8) is 0 Å². The smallest absolute Gasteiger partial charge is 0.243 e. The van der Waals surface area contributed by atoms with Crippen molar-refractivity contribution in [2.75, 3.05) is 13.1 Å². The Labute approximate surface area is 158 Å². The fourth-order valence-electron chi connectivity index (χ4n) is 3.08. The molecule has 1 aliphatic heterocycles. The van der Waals surface area contributed by atoms with Gasteiger partial charge in [-0.1, -0.05) is 0 Å². The Morgan fingerprint density at radius 3 is 2.48 bits per heavy atom. The van der Waals surface area contributed by atoms with E-state index < -0.39 is 27.8 Å². The van der Waals surface area contributed by atoms with Crippen molar-refractivity contribution in [2.45, 2.75) is 49.6 Å². The lowest BCUT2D eigenvalue weighted by Crippen LogP contribution is -2.50. The number of nitrogens with one attached hydrogen (secondary N) is 2. The van der Waals surface area contributed by atoms with Gasteiger partial charge in [0.15, 0.2) is 0 Å². The predicted molar refractivity (Wildman–Crippen MR) is 96.7 cm³/mol. The van der Waals surface area contributed by atoms with Crippen molar-refractivity contribution in [1.29, 1.82) is 0 Å². The number of sulfonamides is 1. The molecule has 1 saturated carbocycles. The first-order chi connectivity index (χ1) is 12.8. The van der Waals surface area contributed by atoms with Crippen LogP contribution < -0.4 is 10.6 Å². The van der Waals surface area contributed by atoms with E-state index in [4.69, 9.17) is 0 Å². The lowest BCUT2D eigenvalue weighted by molar-refractivity contribution is -0.131. The third kappa shape index (κ3) is 4.84. The van der Waals surface area contributed by atoms with E-state index in [0.29, 0.717) is 19.4 Å². The molecule has 148 valence electrons. The monoisotopic (exact) mass is 397 g/mol. The van der Waals surface area contributed by atoms with Crippen LogP contribution in [0.25, 0.3) is 0 Å². The van der Waals surface area contributed by atoms with E-state index in [1.165, 1.54) is 16.4 Å². The Morgan fingerprint density at radius 1 is 1.19 bits per heavy atom. The van der Waals surface area contributed by atoms with Crippen LogP contribution in [0.4, 0.5) is 4.39 Å². The van der Waals surface area contributed by atoms with Crippen molar-refractivity contribution >= 4 is 21.8 Å². The van der Waals surface area contributed by atoms with E-state index in [9.17, 15) is 22.4 Å². The van der Waals surface area contributed by atoms with Crippen molar-refractivity contribution in [3.05, 3.63) is 30.1 Å². The van der Waals surface area contributed by atoms with Crippen LogP contribution >= 0.6 is 0 Å². The zero-order valence-electron chi connectivity index (χ0n) is 15.2. The summed E-state index contributed by atoms with van der Waals surface area (Å²) in [5, 5.41) is 5.51. The Balaban J connectivity index is 1.61. The number of nitrogens with zero attached hydrogens (tertiary/aromatic N) is 1. The van der Waals surface area contributed by atoms with Crippen LogP contribution in [0.15, 0.2) is 29.2 Å². The summed E-state index contributed by atoms with van der Waals surface area (Å²) in [7, 11) is -3.79. The number of benzene rings is 1. The summed E-state index contributed by atoms with van der Waals surface area (Å²) >= 11 is 0. The minimum atomic E-state index is -3.79. The molecule has 0 radical (unpaired) electrons. The standard InChI is InChI=1S/C18H24FN3O4S/c1-12(17(23)21-15-6-7-15)20-18(24)13-3-2-10-22(11-13)27(25,26)16-8-4-14(19)5-9-16/h4-5,8-9,12-13,15H,2-3,6-7,10-11H2,1H3,(H,20,24)(H,21,23)/t12-,13-/m1/s1. The SMILES string of the molecule is C[C@@H](NC(=O)[C@@H]1CCCN(S(=O)(=O)c2ccc(F)cc2)C1)C(=O)NC1CC1. The highest BCUT2D eigenvalue weighted by atomic mass is 32.2. The topological polar surface area (TPSA) is 95.6 Å². The maximum absolute atomic E-state index is 13.1. The minimum Gasteiger partial charge on any atom is -0.352 e. The van der Waals surface area contributed by atoms with E-state index in [2.05, 4.69) is 10.6 Å². The van der Waals surface area contributed by atoms with E-state index >= 15 is 0 Å². The van der Waals surface area contributed by atoms with Crippen LogP contribution in [0, 0.1) is 11.7 Å². The van der Waals surface area contributed by atoms with Gasteiger partial charge in [0.25, 0.3) is 0 Å². The number of hydrogen-bond donors (Lipinski definition) is 2. The molecule has 2 atom stereocenters. The first-order valence-corrected chi connectivity index (χ1v) is 10.6. The maximum atomic E-state index is 13.1. The molecule has 0 spiro atoms. The van der Waals surface area contributed by atoms with Gasteiger partial charge >= 0.3 is 0 Å². The van der Waals surface area contributed by atoms with Crippen LogP contribution in [0.5, 0.6) is 0 Å². The van der Waals surface area contributed by atoms with Gasteiger partial charge in [0.05, 0.1) is 10.8 Å². The molecule has 0 bridgehead atoms. The molecule has 2 aliphatic rings. The molecule has 27 heavy (non-hydrogen) atoms. The lowest BCUT2D eigenvalue weighted by atomic mass is 9.98. The van der Waals surface area contributed by atoms with E-state index in [-0.39, 0.29) is 29.3 Å². The van der Waals surface area contributed by atoms with Crippen molar-refractivity contribution in [1.82, 2.24) is 14.9 Å².